The minimum absolute atomic E-state index is 0.245. The van der Waals surface area contributed by atoms with Crippen LogP contribution in [0.3, 0.4) is 0 Å². The zero-order valence-electron chi connectivity index (χ0n) is 7.78. The van der Waals surface area contributed by atoms with Gasteiger partial charge in [0.2, 0.25) is 5.91 Å². The highest BCUT2D eigenvalue weighted by Crippen LogP contribution is 2.27. The Morgan fingerprint density at radius 1 is 1.62 bits per heavy atom. The van der Waals surface area contributed by atoms with Gasteiger partial charge >= 0.3 is 0 Å². The molecule has 0 radical (unpaired) electrons. The first-order valence-corrected chi connectivity index (χ1v) is 4.05. The number of hydrazine groups is 1. The second-order valence-corrected chi connectivity index (χ2v) is 3.12. The van der Waals surface area contributed by atoms with Crippen LogP contribution >= 0.6 is 0 Å². The third kappa shape index (κ3) is 1.79. The normalized spacial score (nSPS) is 31.8. The largest absolute Gasteiger partial charge is 0.373 e. The van der Waals surface area contributed by atoms with Gasteiger partial charge in [-0.3, -0.25) is 10.2 Å². The fourth-order valence-corrected chi connectivity index (χ4v) is 1.35. The number of methoxy groups -OCH3 is 1. The van der Waals surface area contributed by atoms with E-state index >= 15 is 0 Å². The molecule has 0 aromatic heterocycles. The molecule has 0 saturated heterocycles. The number of ether oxygens (including phenoxy) is 1. The number of carbonyl (C=O) groups excluding carboxylic acids is 1. The first kappa shape index (κ1) is 9.95. The van der Waals surface area contributed by atoms with Crippen LogP contribution in [0, 0.1) is 5.92 Å². The van der Waals surface area contributed by atoms with Crippen LogP contribution in [-0.4, -0.2) is 18.6 Å². The molecule has 4 heteroatoms. The van der Waals surface area contributed by atoms with Gasteiger partial charge in [0.05, 0.1) is 11.5 Å². The van der Waals surface area contributed by atoms with Crippen LogP contribution in [-0.2, 0) is 9.53 Å². The van der Waals surface area contributed by atoms with Gasteiger partial charge in [-0.2, -0.15) is 0 Å². The summed E-state index contributed by atoms with van der Waals surface area (Å²) in [5.74, 6) is 4.45. The molecule has 4 nitrogen and oxygen atoms in total. The first-order valence-electron chi connectivity index (χ1n) is 4.05. The molecule has 0 heterocycles. The van der Waals surface area contributed by atoms with E-state index in [1.165, 1.54) is 0 Å². The average molecular weight is 182 g/mol. The molecular weight excluding hydrogens is 168 g/mol. The summed E-state index contributed by atoms with van der Waals surface area (Å²) in [5.41, 5.74) is 1.52. The molecule has 1 amide bonds. The van der Waals surface area contributed by atoms with Crippen molar-refractivity contribution in [3.05, 3.63) is 24.3 Å². The SMILES string of the molecule is COC1(C)C=CC=CC1C(=O)NN. The van der Waals surface area contributed by atoms with Crippen LogP contribution in [0.4, 0.5) is 0 Å². The molecule has 1 aliphatic carbocycles. The Balaban J connectivity index is 2.88. The standard InChI is InChI=1S/C9H14N2O2/c1-9(13-2)6-4-3-5-7(9)8(12)11-10/h3-7H,10H2,1-2H3,(H,11,12). The highest BCUT2D eigenvalue weighted by atomic mass is 16.5. The van der Waals surface area contributed by atoms with E-state index < -0.39 is 5.60 Å². The fourth-order valence-electron chi connectivity index (χ4n) is 1.35. The van der Waals surface area contributed by atoms with E-state index in [1.807, 2.05) is 19.1 Å². The van der Waals surface area contributed by atoms with E-state index in [4.69, 9.17) is 10.6 Å². The van der Waals surface area contributed by atoms with Crippen LogP contribution < -0.4 is 11.3 Å². The molecule has 0 spiro atoms. The zero-order valence-corrected chi connectivity index (χ0v) is 7.78. The number of rotatable bonds is 2. The van der Waals surface area contributed by atoms with Gasteiger partial charge in [-0.1, -0.05) is 24.3 Å². The summed E-state index contributed by atoms with van der Waals surface area (Å²) in [6.45, 7) is 1.84. The zero-order chi connectivity index (χ0) is 9.90. The van der Waals surface area contributed by atoms with Crippen molar-refractivity contribution >= 4 is 5.91 Å². The molecular formula is C9H14N2O2. The molecule has 1 rings (SSSR count). The summed E-state index contributed by atoms with van der Waals surface area (Å²) in [7, 11) is 1.57. The van der Waals surface area contributed by atoms with Gasteiger partial charge in [0.15, 0.2) is 0 Å². The van der Waals surface area contributed by atoms with Crippen LogP contribution in [0.1, 0.15) is 6.92 Å². The number of hydrogen-bond acceptors (Lipinski definition) is 3. The van der Waals surface area contributed by atoms with Gasteiger partial charge < -0.3 is 4.74 Å². The van der Waals surface area contributed by atoms with Crippen LogP contribution in [0.15, 0.2) is 24.3 Å². The van der Waals surface area contributed by atoms with Crippen molar-refractivity contribution in [2.75, 3.05) is 7.11 Å². The number of hydrogen-bond donors (Lipinski definition) is 2. The number of nitrogens with two attached hydrogens (primary N) is 1. The lowest BCUT2D eigenvalue weighted by molar-refractivity contribution is -0.130. The molecule has 2 unspecified atom stereocenters. The van der Waals surface area contributed by atoms with Gasteiger partial charge in [0.25, 0.3) is 0 Å². The number of nitrogens with one attached hydrogen (secondary N) is 1. The summed E-state index contributed by atoms with van der Waals surface area (Å²) in [5, 5.41) is 0. The van der Waals surface area contributed by atoms with E-state index in [1.54, 1.807) is 19.3 Å². The molecule has 0 bridgehead atoms. The molecule has 72 valence electrons. The van der Waals surface area contributed by atoms with Gasteiger partial charge in [-0.25, -0.2) is 5.84 Å². The Bertz CT molecular complexity index is 260. The van der Waals surface area contributed by atoms with Crippen molar-refractivity contribution in [2.24, 2.45) is 11.8 Å². The molecule has 2 atom stereocenters. The van der Waals surface area contributed by atoms with E-state index in [2.05, 4.69) is 5.43 Å². The predicted octanol–water partition coefficient (Wildman–Crippen LogP) is 0.124. The van der Waals surface area contributed by atoms with Crippen molar-refractivity contribution in [3.63, 3.8) is 0 Å². The lowest BCUT2D eigenvalue weighted by atomic mass is 9.84. The van der Waals surface area contributed by atoms with Gasteiger partial charge in [-0.05, 0) is 6.92 Å². The third-order valence-electron chi connectivity index (χ3n) is 2.32. The molecule has 0 aromatic carbocycles. The molecule has 1 aliphatic rings. The Morgan fingerprint density at radius 2 is 2.31 bits per heavy atom. The van der Waals surface area contributed by atoms with Gasteiger partial charge in [-0.15, -0.1) is 0 Å². The number of allylic oxidation sites excluding steroid dienone is 2. The Labute approximate surface area is 77.4 Å². The topological polar surface area (TPSA) is 64.3 Å². The lowest BCUT2D eigenvalue weighted by Gasteiger charge is -2.32. The minimum Gasteiger partial charge on any atom is -0.373 e. The van der Waals surface area contributed by atoms with E-state index in [0.29, 0.717) is 0 Å². The summed E-state index contributed by atoms with van der Waals surface area (Å²) in [4.78, 5) is 11.3. The predicted molar refractivity (Wildman–Crippen MR) is 49.5 cm³/mol. The number of carbonyl (C=O) groups is 1. The monoisotopic (exact) mass is 182 g/mol. The maximum absolute atomic E-state index is 11.3. The first-order chi connectivity index (χ1) is 6.14. The highest BCUT2D eigenvalue weighted by Gasteiger charge is 2.36. The second-order valence-electron chi connectivity index (χ2n) is 3.12. The quantitative estimate of drug-likeness (QED) is 0.362. The second kappa shape index (κ2) is 3.72. The lowest BCUT2D eigenvalue weighted by Crippen LogP contribution is -2.47. The molecule has 3 N–H and O–H groups in total. The average Bonchev–Trinajstić information content (AvgIpc) is 2.17. The summed E-state index contributed by atoms with van der Waals surface area (Å²) < 4.78 is 5.26. The van der Waals surface area contributed by atoms with Crippen LogP contribution in [0.2, 0.25) is 0 Å². The van der Waals surface area contributed by atoms with Gasteiger partial charge in [0.1, 0.15) is 0 Å². The molecule has 0 fully saturated rings. The smallest absolute Gasteiger partial charge is 0.244 e. The Kier molecular flexibility index (Phi) is 2.85. The molecule has 13 heavy (non-hydrogen) atoms. The van der Waals surface area contributed by atoms with Crippen molar-refractivity contribution < 1.29 is 9.53 Å². The highest BCUT2D eigenvalue weighted by molar-refractivity contribution is 5.82. The van der Waals surface area contributed by atoms with Crippen molar-refractivity contribution in [2.45, 2.75) is 12.5 Å². The van der Waals surface area contributed by atoms with E-state index in [0.717, 1.165) is 0 Å². The fraction of sp³-hybridized carbons (Fsp3) is 0.444. The van der Waals surface area contributed by atoms with Crippen molar-refractivity contribution in [3.8, 4) is 0 Å². The minimum atomic E-state index is -0.599. The van der Waals surface area contributed by atoms with Crippen molar-refractivity contribution in [1.29, 1.82) is 0 Å². The van der Waals surface area contributed by atoms with Crippen LogP contribution in [0.5, 0.6) is 0 Å². The van der Waals surface area contributed by atoms with E-state index in [-0.39, 0.29) is 11.8 Å². The third-order valence-corrected chi connectivity index (χ3v) is 2.32. The summed E-state index contributed by atoms with van der Waals surface area (Å²) in [6, 6.07) is 0. The molecule has 0 aromatic rings. The molecule has 0 aliphatic heterocycles. The molecule has 0 saturated carbocycles. The maximum Gasteiger partial charge on any atom is 0.244 e. The number of amides is 1. The van der Waals surface area contributed by atoms with E-state index in [9.17, 15) is 4.79 Å². The summed E-state index contributed by atoms with van der Waals surface area (Å²) in [6.07, 6.45) is 7.27. The van der Waals surface area contributed by atoms with Crippen molar-refractivity contribution in [1.82, 2.24) is 5.43 Å². The summed E-state index contributed by atoms with van der Waals surface area (Å²) >= 11 is 0. The Hall–Kier alpha value is -1.13. The van der Waals surface area contributed by atoms with Gasteiger partial charge in [0, 0.05) is 7.11 Å². The van der Waals surface area contributed by atoms with Crippen LogP contribution in [0.25, 0.3) is 0 Å². The maximum atomic E-state index is 11.3. The Morgan fingerprint density at radius 3 is 2.85 bits per heavy atom.